The standard InChI is InChI=1S/C18H14FN3O2/c19-12-6-7-15-13(9-12)18(24)22(10-20-15)16-8-5-11-3-1-2-4-14(11)21-17(16)23/h1-4,6-7,9-10,16H,5,8H2,(H,21,23)/t16-/m0/s1. The minimum atomic E-state index is -0.676. The average Bonchev–Trinajstić information content (AvgIpc) is 2.74. The fourth-order valence-corrected chi connectivity index (χ4v) is 3.10. The molecular weight excluding hydrogens is 309 g/mol. The Balaban J connectivity index is 1.79. The van der Waals surface area contributed by atoms with Gasteiger partial charge in [-0.15, -0.1) is 0 Å². The van der Waals surface area contributed by atoms with E-state index in [-0.39, 0.29) is 11.3 Å². The van der Waals surface area contributed by atoms with Crippen LogP contribution in [0.15, 0.2) is 53.6 Å². The molecular formula is C18H14FN3O2. The first-order valence-corrected chi connectivity index (χ1v) is 7.68. The number of rotatable bonds is 1. The van der Waals surface area contributed by atoms with Gasteiger partial charge in [0.25, 0.3) is 5.56 Å². The molecule has 0 bridgehead atoms. The highest BCUT2D eigenvalue weighted by Gasteiger charge is 2.26. The molecule has 0 spiro atoms. The summed E-state index contributed by atoms with van der Waals surface area (Å²) in [6.45, 7) is 0. The number of aryl methyl sites for hydroxylation is 1. The van der Waals surface area contributed by atoms with E-state index in [2.05, 4.69) is 10.3 Å². The second-order valence-corrected chi connectivity index (χ2v) is 5.82. The highest BCUT2D eigenvalue weighted by atomic mass is 19.1. The lowest BCUT2D eigenvalue weighted by Crippen LogP contribution is -2.33. The fourth-order valence-electron chi connectivity index (χ4n) is 3.10. The van der Waals surface area contributed by atoms with E-state index in [9.17, 15) is 14.0 Å². The van der Waals surface area contributed by atoms with Crippen LogP contribution in [-0.4, -0.2) is 15.5 Å². The number of fused-ring (bicyclic) bond motifs is 2. The van der Waals surface area contributed by atoms with E-state index < -0.39 is 17.4 Å². The van der Waals surface area contributed by atoms with Crippen molar-refractivity contribution in [2.24, 2.45) is 0 Å². The highest BCUT2D eigenvalue weighted by Crippen LogP contribution is 2.26. The van der Waals surface area contributed by atoms with E-state index in [0.29, 0.717) is 18.4 Å². The summed E-state index contributed by atoms with van der Waals surface area (Å²) < 4.78 is 14.8. The Kier molecular flexibility index (Phi) is 3.37. The summed E-state index contributed by atoms with van der Waals surface area (Å²) in [5.74, 6) is -0.767. The van der Waals surface area contributed by atoms with Gasteiger partial charge in [-0.1, -0.05) is 18.2 Å². The van der Waals surface area contributed by atoms with E-state index in [1.807, 2.05) is 24.3 Å². The minimum Gasteiger partial charge on any atom is -0.324 e. The Morgan fingerprint density at radius 3 is 2.88 bits per heavy atom. The number of nitrogens with one attached hydrogen (secondary N) is 1. The first-order valence-electron chi connectivity index (χ1n) is 7.68. The third kappa shape index (κ3) is 2.36. The van der Waals surface area contributed by atoms with Gasteiger partial charge in [-0.05, 0) is 42.7 Å². The average molecular weight is 323 g/mol. The Morgan fingerprint density at radius 2 is 2.00 bits per heavy atom. The lowest BCUT2D eigenvalue weighted by atomic mass is 10.1. The number of halogens is 1. The summed E-state index contributed by atoms with van der Waals surface area (Å²) in [6, 6.07) is 10.8. The molecule has 1 amide bonds. The summed E-state index contributed by atoms with van der Waals surface area (Å²) >= 11 is 0. The summed E-state index contributed by atoms with van der Waals surface area (Å²) in [5, 5.41) is 3.03. The SMILES string of the molecule is O=C1Nc2ccccc2CC[C@@H]1n1cnc2ccc(F)cc2c1=O. The van der Waals surface area contributed by atoms with Crippen molar-refractivity contribution in [1.82, 2.24) is 9.55 Å². The third-order valence-corrected chi connectivity index (χ3v) is 4.35. The molecule has 2 heterocycles. The maximum absolute atomic E-state index is 13.5. The van der Waals surface area contributed by atoms with E-state index >= 15 is 0 Å². The molecule has 1 N–H and O–H groups in total. The number of anilines is 1. The zero-order valence-corrected chi connectivity index (χ0v) is 12.7. The van der Waals surface area contributed by atoms with E-state index in [1.54, 1.807) is 0 Å². The molecule has 0 radical (unpaired) electrons. The predicted molar refractivity (Wildman–Crippen MR) is 88.4 cm³/mol. The van der Waals surface area contributed by atoms with Gasteiger partial charge in [-0.2, -0.15) is 0 Å². The number of hydrogen-bond acceptors (Lipinski definition) is 3. The monoisotopic (exact) mass is 323 g/mol. The quantitative estimate of drug-likeness (QED) is 0.749. The van der Waals surface area contributed by atoms with Gasteiger partial charge in [0.15, 0.2) is 0 Å². The molecule has 24 heavy (non-hydrogen) atoms. The van der Waals surface area contributed by atoms with Gasteiger partial charge >= 0.3 is 0 Å². The van der Waals surface area contributed by atoms with Crippen molar-refractivity contribution in [1.29, 1.82) is 0 Å². The molecule has 1 aliphatic rings. The number of amides is 1. The molecule has 1 aliphatic heterocycles. The second kappa shape index (κ2) is 5.56. The van der Waals surface area contributed by atoms with Crippen LogP contribution in [-0.2, 0) is 11.2 Å². The molecule has 120 valence electrons. The van der Waals surface area contributed by atoms with E-state index in [0.717, 1.165) is 17.3 Å². The van der Waals surface area contributed by atoms with Crippen molar-refractivity contribution in [3.8, 4) is 0 Å². The van der Waals surface area contributed by atoms with Crippen LogP contribution in [0.25, 0.3) is 10.9 Å². The van der Waals surface area contributed by atoms with Gasteiger partial charge in [0.05, 0.1) is 17.2 Å². The molecule has 1 atom stereocenters. The van der Waals surface area contributed by atoms with Crippen molar-refractivity contribution in [3.63, 3.8) is 0 Å². The summed E-state index contributed by atoms with van der Waals surface area (Å²) in [7, 11) is 0. The van der Waals surface area contributed by atoms with Crippen molar-refractivity contribution in [3.05, 3.63) is 70.5 Å². The van der Waals surface area contributed by atoms with Crippen LogP contribution in [0.3, 0.4) is 0 Å². The molecule has 2 aromatic carbocycles. The van der Waals surface area contributed by atoms with Gasteiger partial charge in [-0.25, -0.2) is 9.37 Å². The Hall–Kier alpha value is -3.02. The molecule has 0 saturated carbocycles. The summed E-state index contributed by atoms with van der Waals surface area (Å²) in [4.78, 5) is 29.4. The summed E-state index contributed by atoms with van der Waals surface area (Å²) in [5.41, 5.74) is 1.79. The minimum absolute atomic E-state index is 0.173. The van der Waals surface area contributed by atoms with Crippen LogP contribution in [0.2, 0.25) is 0 Å². The number of para-hydroxylation sites is 1. The van der Waals surface area contributed by atoms with Crippen LogP contribution >= 0.6 is 0 Å². The Morgan fingerprint density at radius 1 is 1.17 bits per heavy atom. The van der Waals surface area contributed by atoms with Gasteiger partial charge in [0, 0.05) is 5.69 Å². The number of hydrogen-bond donors (Lipinski definition) is 1. The number of carbonyl (C=O) groups is 1. The number of aromatic nitrogens is 2. The molecule has 0 aliphatic carbocycles. The molecule has 3 aromatic rings. The smallest absolute Gasteiger partial charge is 0.262 e. The van der Waals surface area contributed by atoms with Crippen LogP contribution in [0.1, 0.15) is 18.0 Å². The molecule has 5 nitrogen and oxygen atoms in total. The summed E-state index contributed by atoms with van der Waals surface area (Å²) in [6.07, 6.45) is 2.50. The molecule has 6 heteroatoms. The van der Waals surface area contributed by atoms with Crippen molar-refractivity contribution in [2.45, 2.75) is 18.9 Å². The first kappa shape index (κ1) is 14.6. The predicted octanol–water partition coefficient (Wildman–Crippen LogP) is 2.66. The van der Waals surface area contributed by atoms with Gasteiger partial charge in [0.2, 0.25) is 5.91 Å². The zero-order valence-electron chi connectivity index (χ0n) is 12.7. The maximum atomic E-state index is 13.5. The van der Waals surface area contributed by atoms with Crippen LogP contribution in [0, 0.1) is 5.82 Å². The molecule has 0 unspecified atom stereocenters. The number of carbonyl (C=O) groups excluding carboxylic acids is 1. The molecule has 1 aromatic heterocycles. The largest absolute Gasteiger partial charge is 0.324 e. The molecule has 0 saturated heterocycles. The third-order valence-electron chi connectivity index (χ3n) is 4.35. The van der Waals surface area contributed by atoms with Crippen molar-refractivity contribution < 1.29 is 9.18 Å². The number of nitrogens with zero attached hydrogens (tertiary/aromatic N) is 2. The second-order valence-electron chi connectivity index (χ2n) is 5.82. The lowest BCUT2D eigenvalue weighted by molar-refractivity contribution is -0.119. The van der Waals surface area contributed by atoms with Gasteiger partial charge < -0.3 is 5.32 Å². The van der Waals surface area contributed by atoms with Crippen LogP contribution < -0.4 is 10.9 Å². The van der Waals surface area contributed by atoms with Gasteiger partial charge in [0.1, 0.15) is 11.9 Å². The molecule has 0 fully saturated rings. The topological polar surface area (TPSA) is 64.0 Å². The highest BCUT2D eigenvalue weighted by molar-refractivity contribution is 5.95. The maximum Gasteiger partial charge on any atom is 0.262 e. The van der Waals surface area contributed by atoms with Crippen LogP contribution in [0.5, 0.6) is 0 Å². The Bertz CT molecular complexity index is 1010. The van der Waals surface area contributed by atoms with Crippen LogP contribution in [0.4, 0.5) is 10.1 Å². The van der Waals surface area contributed by atoms with Crippen molar-refractivity contribution in [2.75, 3.05) is 5.32 Å². The normalized spacial score (nSPS) is 17.2. The van der Waals surface area contributed by atoms with E-state index in [4.69, 9.17) is 0 Å². The Labute approximate surface area is 136 Å². The number of benzene rings is 2. The molecule has 4 rings (SSSR count). The zero-order chi connectivity index (χ0) is 16.7. The fraction of sp³-hybridized carbons (Fsp3) is 0.167. The van der Waals surface area contributed by atoms with Gasteiger partial charge in [-0.3, -0.25) is 14.2 Å². The van der Waals surface area contributed by atoms with E-state index in [1.165, 1.54) is 23.0 Å². The van der Waals surface area contributed by atoms with Crippen molar-refractivity contribution >= 4 is 22.5 Å². The first-order chi connectivity index (χ1) is 11.6. The lowest BCUT2D eigenvalue weighted by Gasteiger charge is -2.16.